The lowest BCUT2D eigenvalue weighted by Gasteiger charge is -2.21. The van der Waals surface area contributed by atoms with Gasteiger partial charge in [0.25, 0.3) is 0 Å². The van der Waals surface area contributed by atoms with E-state index in [1.54, 1.807) is 0 Å². The molecule has 17 heavy (non-hydrogen) atoms. The van der Waals surface area contributed by atoms with Gasteiger partial charge in [0.1, 0.15) is 6.04 Å². The molecule has 0 aromatic heterocycles. The third-order valence-electron chi connectivity index (χ3n) is 2.38. The van der Waals surface area contributed by atoms with Crippen LogP contribution in [0.15, 0.2) is 0 Å². The molecule has 0 spiro atoms. The summed E-state index contributed by atoms with van der Waals surface area (Å²) in [6, 6.07) is -0.627. The Morgan fingerprint density at radius 3 is 2.12 bits per heavy atom. The van der Waals surface area contributed by atoms with Crippen molar-refractivity contribution in [3.8, 4) is 0 Å². The Morgan fingerprint density at radius 1 is 1.24 bits per heavy atom. The zero-order valence-electron chi connectivity index (χ0n) is 11.3. The second kappa shape index (κ2) is 6.96. The van der Waals surface area contributed by atoms with Crippen LogP contribution in [-0.2, 0) is 14.8 Å². The number of carbonyl (C=O) groups excluding carboxylic acids is 1. The predicted octanol–water partition coefficient (Wildman–Crippen LogP) is 0.865. The molecule has 0 fully saturated rings. The van der Waals surface area contributed by atoms with Crippen molar-refractivity contribution in [3.63, 3.8) is 0 Å². The van der Waals surface area contributed by atoms with Crippen LogP contribution in [0, 0.1) is 5.92 Å². The van der Waals surface area contributed by atoms with Gasteiger partial charge in [0.05, 0.1) is 6.26 Å². The Bertz CT molecular complexity index is 339. The second-order valence-electron chi connectivity index (χ2n) is 4.89. The molecule has 1 amide bonds. The van der Waals surface area contributed by atoms with Crippen LogP contribution in [-0.4, -0.2) is 32.7 Å². The molecule has 0 aliphatic carbocycles. The fourth-order valence-corrected chi connectivity index (χ4v) is 2.10. The molecule has 0 saturated carbocycles. The van der Waals surface area contributed by atoms with Crippen LogP contribution in [0.2, 0.25) is 0 Å². The number of hydrogen-bond acceptors (Lipinski definition) is 3. The largest absolute Gasteiger partial charge is 0.352 e. The van der Waals surface area contributed by atoms with Crippen molar-refractivity contribution in [3.05, 3.63) is 0 Å². The molecule has 0 unspecified atom stereocenters. The summed E-state index contributed by atoms with van der Waals surface area (Å²) in [7, 11) is -3.37. The monoisotopic (exact) mass is 264 g/mol. The minimum atomic E-state index is -3.37. The van der Waals surface area contributed by atoms with Gasteiger partial charge < -0.3 is 5.32 Å². The van der Waals surface area contributed by atoms with Crippen LogP contribution < -0.4 is 10.0 Å². The van der Waals surface area contributed by atoms with Crippen molar-refractivity contribution in [1.82, 2.24) is 10.0 Å². The molecule has 2 N–H and O–H groups in total. The molecule has 0 aliphatic rings. The van der Waals surface area contributed by atoms with Crippen LogP contribution in [0.4, 0.5) is 0 Å². The Balaban J connectivity index is 4.62. The highest BCUT2D eigenvalue weighted by Crippen LogP contribution is 2.06. The van der Waals surface area contributed by atoms with Crippen molar-refractivity contribution >= 4 is 15.9 Å². The summed E-state index contributed by atoms with van der Waals surface area (Å²) in [5.74, 6) is -0.00425. The third-order valence-corrected chi connectivity index (χ3v) is 3.09. The van der Waals surface area contributed by atoms with Gasteiger partial charge in [-0.1, -0.05) is 20.8 Å². The molecule has 102 valence electrons. The molecule has 5 nitrogen and oxygen atoms in total. The van der Waals surface area contributed by atoms with Gasteiger partial charge >= 0.3 is 0 Å². The summed E-state index contributed by atoms with van der Waals surface area (Å²) >= 11 is 0. The SMILES string of the molecule is CC[C@@H](C)NC(=O)[C@@H](CC(C)C)NS(C)(=O)=O. The molecule has 0 bridgehead atoms. The second-order valence-corrected chi connectivity index (χ2v) is 6.67. The lowest BCUT2D eigenvalue weighted by Crippen LogP contribution is -2.49. The summed E-state index contributed by atoms with van der Waals surface area (Å²) in [5.41, 5.74) is 0. The number of amides is 1. The molecule has 6 heteroatoms. The fraction of sp³-hybridized carbons (Fsp3) is 0.909. The average Bonchev–Trinajstić information content (AvgIpc) is 2.13. The molecule has 0 rings (SSSR count). The summed E-state index contributed by atoms with van der Waals surface area (Å²) < 4.78 is 24.8. The normalized spacial score (nSPS) is 15.6. The number of sulfonamides is 1. The highest BCUT2D eigenvalue weighted by Gasteiger charge is 2.23. The van der Waals surface area contributed by atoms with E-state index in [0.717, 1.165) is 12.7 Å². The molecule has 0 radical (unpaired) electrons. The van der Waals surface area contributed by atoms with Gasteiger partial charge in [-0.05, 0) is 25.7 Å². The number of hydrogen-bond donors (Lipinski definition) is 2. The molecule has 2 atom stereocenters. The first kappa shape index (κ1) is 16.4. The van der Waals surface area contributed by atoms with E-state index in [0.29, 0.717) is 6.42 Å². The van der Waals surface area contributed by atoms with E-state index in [1.165, 1.54) is 0 Å². The van der Waals surface area contributed by atoms with E-state index < -0.39 is 16.1 Å². The summed E-state index contributed by atoms with van der Waals surface area (Å²) in [5, 5.41) is 2.79. The maximum absolute atomic E-state index is 11.9. The first-order valence-electron chi connectivity index (χ1n) is 5.93. The number of rotatable bonds is 7. The Kier molecular flexibility index (Phi) is 6.70. The van der Waals surface area contributed by atoms with Crippen molar-refractivity contribution in [2.45, 2.75) is 52.6 Å². The summed E-state index contributed by atoms with van der Waals surface area (Å²) in [6.45, 7) is 7.76. The van der Waals surface area contributed by atoms with Gasteiger partial charge in [-0.15, -0.1) is 0 Å². The Hall–Kier alpha value is -0.620. The standard InChI is InChI=1S/C11H24N2O3S/c1-6-9(4)12-11(14)10(7-8(2)3)13-17(5,15)16/h8-10,13H,6-7H2,1-5H3,(H,12,14)/t9-,10-/m1/s1. The van der Waals surface area contributed by atoms with E-state index in [2.05, 4.69) is 10.0 Å². The maximum Gasteiger partial charge on any atom is 0.238 e. The molecular weight excluding hydrogens is 240 g/mol. The van der Waals surface area contributed by atoms with Gasteiger partial charge in [-0.2, -0.15) is 0 Å². The zero-order valence-corrected chi connectivity index (χ0v) is 12.1. The smallest absolute Gasteiger partial charge is 0.238 e. The topological polar surface area (TPSA) is 75.3 Å². The molecular formula is C11H24N2O3S. The van der Waals surface area contributed by atoms with E-state index in [9.17, 15) is 13.2 Å². The van der Waals surface area contributed by atoms with E-state index in [4.69, 9.17) is 0 Å². The quantitative estimate of drug-likeness (QED) is 0.716. The highest BCUT2D eigenvalue weighted by molar-refractivity contribution is 7.88. The summed E-state index contributed by atoms with van der Waals surface area (Å²) in [6.07, 6.45) is 2.38. The van der Waals surface area contributed by atoms with Crippen LogP contribution in [0.5, 0.6) is 0 Å². The van der Waals surface area contributed by atoms with Gasteiger partial charge in [0.2, 0.25) is 15.9 Å². The third kappa shape index (κ3) is 8.15. The molecule has 0 heterocycles. The maximum atomic E-state index is 11.9. The minimum Gasteiger partial charge on any atom is -0.352 e. The lowest BCUT2D eigenvalue weighted by molar-refractivity contribution is -0.123. The highest BCUT2D eigenvalue weighted by atomic mass is 32.2. The first-order valence-corrected chi connectivity index (χ1v) is 7.82. The van der Waals surface area contributed by atoms with E-state index >= 15 is 0 Å². The van der Waals surface area contributed by atoms with Crippen molar-refractivity contribution < 1.29 is 13.2 Å². The van der Waals surface area contributed by atoms with Crippen LogP contribution in [0.25, 0.3) is 0 Å². The van der Waals surface area contributed by atoms with Crippen molar-refractivity contribution in [1.29, 1.82) is 0 Å². The Morgan fingerprint density at radius 2 is 1.76 bits per heavy atom. The van der Waals surface area contributed by atoms with Crippen LogP contribution in [0.1, 0.15) is 40.5 Å². The molecule has 0 saturated heterocycles. The predicted molar refractivity (Wildman–Crippen MR) is 69.1 cm³/mol. The van der Waals surface area contributed by atoms with E-state index in [-0.39, 0.29) is 17.9 Å². The molecule has 0 aliphatic heterocycles. The van der Waals surface area contributed by atoms with E-state index in [1.807, 2.05) is 27.7 Å². The van der Waals surface area contributed by atoms with Gasteiger partial charge in [-0.3, -0.25) is 4.79 Å². The number of nitrogens with one attached hydrogen (secondary N) is 2. The van der Waals surface area contributed by atoms with Gasteiger partial charge in [-0.25, -0.2) is 13.1 Å². The fourth-order valence-electron chi connectivity index (χ4n) is 1.38. The minimum absolute atomic E-state index is 0.0542. The summed E-state index contributed by atoms with van der Waals surface area (Å²) in [4.78, 5) is 11.9. The van der Waals surface area contributed by atoms with Gasteiger partial charge in [0.15, 0.2) is 0 Å². The van der Waals surface area contributed by atoms with Gasteiger partial charge in [0, 0.05) is 6.04 Å². The zero-order chi connectivity index (χ0) is 13.6. The number of carbonyl (C=O) groups is 1. The first-order chi connectivity index (χ1) is 7.65. The van der Waals surface area contributed by atoms with Crippen molar-refractivity contribution in [2.75, 3.05) is 6.26 Å². The lowest BCUT2D eigenvalue weighted by atomic mass is 10.0. The van der Waals surface area contributed by atoms with Crippen molar-refractivity contribution in [2.24, 2.45) is 5.92 Å². The van der Waals surface area contributed by atoms with Crippen LogP contribution >= 0.6 is 0 Å². The molecule has 0 aromatic carbocycles. The molecule has 0 aromatic rings. The Labute approximate surface area is 104 Å². The average molecular weight is 264 g/mol. The van der Waals surface area contributed by atoms with Crippen LogP contribution in [0.3, 0.4) is 0 Å².